The number of carboxylic acid groups (broad SMARTS) is 1. The van der Waals surface area contributed by atoms with E-state index >= 15 is 0 Å². The number of hydrogen-bond acceptors (Lipinski definition) is 7. The van der Waals surface area contributed by atoms with Crippen molar-refractivity contribution in [1.82, 2.24) is 4.98 Å². The van der Waals surface area contributed by atoms with E-state index in [0.717, 1.165) is 6.07 Å². The summed E-state index contributed by atoms with van der Waals surface area (Å²) in [5, 5.41) is 29.7. The molecule has 3 rings (SSSR count). The maximum Gasteiger partial charge on any atom is 0.337 e. The normalized spacial score (nSPS) is 10.8. The van der Waals surface area contributed by atoms with Gasteiger partial charge in [-0.25, -0.2) is 9.78 Å². The molecule has 0 aliphatic carbocycles. The first-order chi connectivity index (χ1) is 10.9. The quantitative estimate of drug-likeness (QED) is 0.288. The average molecular weight is 315 g/mol. The Labute approximate surface area is 127 Å². The van der Waals surface area contributed by atoms with Crippen molar-refractivity contribution in [2.75, 3.05) is 5.73 Å². The van der Waals surface area contributed by atoms with E-state index < -0.39 is 10.9 Å². The monoisotopic (exact) mass is 315 g/mol. The number of aromatic nitrogens is 1. The molecular weight excluding hydrogens is 306 g/mol. The molecule has 0 saturated heterocycles. The number of phenols is 1. The predicted molar refractivity (Wildman–Crippen MR) is 79.1 cm³/mol. The summed E-state index contributed by atoms with van der Waals surface area (Å²) < 4.78 is 5.40. The Bertz CT molecular complexity index is 963. The van der Waals surface area contributed by atoms with Crippen molar-refractivity contribution in [2.24, 2.45) is 0 Å². The number of nitrogens with zero attached hydrogens (tertiary/aromatic N) is 2. The van der Waals surface area contributed by atoms with Gasteiger partial charge >= 0.3 is 5.97 Å². The SMILES string of the molecule is Nc1cc(-c2nc3ccc([N+](=O)[O-])cc3o2)c(O)cc1C(=O)O. The number of benzene rings is 2. The summed E-state index contributed by atoms with van der Waals surface area (Å²) >= 11 is 0. The number of nitrogen functional groups attached to an aromatic ring is 1. The minimum absolute atomic E-state index is 0.0263. The van der Waals surface area contributed by atoms with E-state index in [4.69, 9.17) is 15.3 Å². The zero-order valence-electron chi connectivity index (χ0n) is 11.4. The fourth-order valence-electron chi connectivity index (χ4n) is 2.10. The summed E-state index contributed by atoms with van der Waals surface area (Å²) in [4.78, 5) is 25.3. The molecule has 0 amide bonds. The second-order valence-electron chi connectivity index (χ2n) is 4.69. The van der Waals surface area contributed by atoms with E-state index in [2.05, 4.69) is 4.98 Å². The van der Waals surface area contributed by atoms with Crippen LogP contribution in [0.4, 0.5) is 11.4 Å². The van der Waals surface area contributed by atoms with Crippen molar-refractivity contribution in [1.29, 1.82) is 0 Å². The Morgan fingerprint density at radius 2 is 2.04 bits per heavy atom. The van der Waals surface area contributed by atoms with E-state index in [9.17, 15) is 20.0 Å². The van der Waals surface area contributed by atoms with Gasteiger partial charge in [0.1, 0.15) is 11.3 Å². The lowest BCUT2D eigenvalue weighted by Crippen LogP contribution is -2.02. The molecule has 0 fully saturated rings. The number of non-ortho nitro benzene ring substituents is 1. The fourth-order valence-corrected chi connectivity index (χ4v) is 2.10. The third-order valence-electron chi connectivity index (χ3n) is 3.21. The molecule has 4 N–H and O–H groups in total. The Kier molecular flexibility index (Phi) is 3.10. The highest BCUT2D eigenvalue weighted by molar-refractivity contribution is 5.96. The summed E-state index contributed by atoms with van der Waals surface area (Å²) in [6.07, 6.45) is 0. The second kappa shape index (κ2) is 4.98. The largest absolute Gasteiger partial charge is 0.507 e. The Balaban J connectivity index is 2.15. The van der Waals surface area contributed by atoms with Gasteiger partial charge in [-0.05, 0) is 18.2 Å². The lowest BCUT2D eigenvalue weighted by atomic mass is 10.1. The van der Waals surface area contributed by atoms with Gasteiger partial charge in [0, 0.05) is 11.8 Å². The van der Waals surface area contributed by atoms with Crippen molar-refractivity contribution >= 4 is 28.4 Å². The highest BCUT2D eigenvalue weighted by Crippen LogP contribution is 2.35. The van der Waals surface area contributed by atoms with Gasteiger partial charge in [-0.3, -0.25) is 10.1 Å². The van der Waals surface area contributed by atoms with Gasteiger partial charge in [-0.2, -0.15) is 0 Å². The van der Waals surface area contributed by atoms with E-state index in [-0.39, 0.29) is 39.7 Å². The summed E-state index contributed by atoms with van der Waals surface area (Å²) in [6.45, 7) is 0. The van der Waals surface area contributed by atoms with Crippen LogP contribution < -0.4 is 5.73 Å². The minimum Gasteiger partial charge on any atom is -0.507 e. The van der Waals surface area contributed by atoms with Gasteiger partial charge in [0.05, 0.1) is 22.1 Å². The number of oxazole rings is 1. The van der Waals surface area contributed by atoms with Crippen molar-refractivity contribution in [3.63, 3.8) is 0 Å². The highest BCUT2D eigenvalue weighted by atomic mass is 16.6. The first-order valence-corrected chi connectivity index (χ1v) is 6.28. The fraction of sp³-hybridized carbons (Fsp3) is 0. The van der Waals surface area contributed by atoms with Crippen LogP contribution in [0.5, 0.6) is 5.75 Å². The lowest BCUT2D eigenvalue weighted by molar-refractivity contribution is -0.384. The molecule has 0 radical (unpaired) electrons. The third kappa shape index (κ3) is 2.39. The van der Waals surface area contributed by atoms with Crippen LogP contribution in [-0.4, -0.2) is 26.1 Å². The Morgan fingerprint density at radius 1 is 1.30 bits per heavy atom. The molecule has 3 aromatic rings. The first-order valence-electron chi connectivity index (χ1n) is 6.28. The van der Waals surface area contributed by atoms with Gasteiger partial charge in [-0.1, -0.05) is 0 Å². The van der Waals surface area contributed by atoms with Crippen molar-refractivity contribution in [3.05, 3.63) is 46.0 Å². The maximum absolute atomic E-state index is 11.0. The van der Waals surface area contributed by atoms with Crippen molar-refractivity contribution < 1.29 is 24.3 Å². The number of nitrogens with two attached hydrogens (primary N) is 1. The van der Waals surface area contributed by atoms with Crippen molar-refractivity contribution in [2.45, 2.75) is 0 Å². The van der Waals surface area contributed by atoms with Crippen LogP contribution in [0.2, 0.25) is 0 Å². The molecule has 0 unspecified atom stereocenters. The van der Waals surface area contributed by atoms with Crippen LogP contribution in [0, 0.1) is 10.1 Å². The number of aromatic carboxylic acids is 1. The Hall–Kier alpha value is -3.62. The summed E-state index contributed by atoms with van der Waals surface area (Å²) in [7, 11) is 0. The third-order valence-corrected chi connectivity index (χ3v) is 3.21. The molecular formula is C14H9N3O6. The van der Waals surface area contributed by atoms with Gasteiger partial charge in [0.15, 0.2) is 5.58 Å². The van der Waals surface area contributed by atoms with Gasteiger partial charge in [-0.15, -0.1) is 0 Å². The van der Waals surface area contributed by atoms with Crippen LogP contribution in [0.1, 0.15) is 10.4 Å². The number of anilines is 1. The van der Waals surface area contributed by atoms with Gasteiger partial charge < -0.3 is 20.4 Å². The summed E-state index contributed by atoms with van der Waals surface area (Å²) in [5.41, 5.74) is 5.75. The predicted octanol–water partition coefficient (Wildman–Crippen LogP) is 2.39. The van der Waals surface area contributed by atoms with Crippen LogP contribution in [0.25, 0.3) is 22.6 Å². The van der Waals surface area contributed by atoms with Gasteiger partial charge in [0.25, 0.3) is 5.69 Å². The average Bonchev–Trinajstić information content (AvgIpc) is 2.91. The van der Waals surface area contributed by atoms with E-state index in [0.29, 0.717) is 5.52 Å². The number of rotatable bonds is 3. The smallest absolute Gasteiger partial charge is 0.337 e. The van der Waals surface area contributed by atoms with E-state index in [1.54, 1.807) is 0 Å². The number of phenolic OH excluding ortho intramolecular Hbond substituents is 1. The topological polar surface area (TPSA) is 153 Å². The zero-order valence-corrected chi connectivity index (χ0v) is 11.4. The number of carboxylic acids is 1. The van der Waals surface area contributed by atoms with Crippen LogP contribution in [0.3, 0.4) is 0 Å². The number of aromatic hydroxyl groups is 1. The summed E-state index contributed by atoms with van der Waals surface area (Å²) in [5.74, 6) is -1.68. The van der Waals surface area contributed by atoms with Crippen LogP contribution in [-0.2, 0) is 0 Å². The van der Waals surface area contributed by atoms with Crippen molar-refractivity contribution in [3.8, 4) is 17.2 Å². The molecule has 9 nitrogen and oxygen atoms in total. The lowest BCUT2D eigenvalue weighted by Gasteiger charge is -2.05. The molecule has 0 bridgehead atoms. The minimum atomic E-state index is -1.28. The number of fused-ring (bicyclic) bond motifs is 1. The zero-order chi connectivity index (χ0) is 16.7. The standard InChI is InChI=1S/C14H9N3O6/c15-9-4-8(11(18)5-7(9)14(19)20)13-16-10-2-1-6(17(21)22)3-12(10)23-13/h1-5,18H,15H2,(H,19,20). The number of carbonyl (C=O) groups is 1. The molecule has 0 spiro atoms. The molecule has 116 valence electrons. The van der Waals surface area contributed by atoms with E-state index in [1.165, 1.54) is 24.3 Å². The molecule has 0 aliphatic heterocycles. The first kappa shape index (κ1) is 14.3. The molecule has 0 saturated carbocycles. The number of nitro benzene ring substituents is 1. The van der Waals surface area contributed by atoms with Crippen LogP contribution in [0.15, 0.2) is 34.7 Å². The maximum atomic E-state index is 11.0. The molecule has 0 atom stereocenters. The number of nitro groups is 1. The van der Waals surface area contributed by atoms with E-state index in [1.807, 2.05) is 0 Å². The molecule has 2 aromatic carbocycles. The molecule has 9 heteroatoms. The second-order valence-corrected chi connectivity index (χ2v) is 4.69. The highest BCUT2D eigenvalue weighted by Gasteiger charge is 2.18. The molecule has 0 aliphatic rings. The Morgan fingerprint density at radius 3 is 2.70 bits per heavy atom. The van der Waals surface area contributed by atoms with Gasteiger partial charge in [0.2, 0.25) is 5.89 Å². The van der Waals surface area contributed by atoms with Crippen LogP contribution >= 0.6 is 0 Å². The molecule has 1 heterocycles. The molecule has 23 heavy (non-hydrogen) atoms. The number of hydrogen-bond donors (Lipinski definition) is 3. The summed E-state index contributed by atoms with van der Waals surface area (Å²) in [6, 6.07) is 6.10. The molecule has 1 aromatic heterocycles.